The van der Waals surface area contributed by atoms with E-state index < -0.39 is 0 Å². The van der Waals surface area contributed by atoms with Crippen molar-refractivity contribution in [1.29, 1.82) is 0 Å². The predicted molar refractivity (Wildman–Crippen MR) is 80.8 cm³/mol. The molecule has 0 fully saturated rings. The molecule has 92 valence electrons. The fourth-order valence-corrected chi connectivity index (χ4v) is 3.10. The van der Waals surface area contributed by atoms with Gasteiger partial charge in [0.25, 0.3) is 0 Å². The summed E-state index contributed by atoms with van der Waals surface area (Å²) < 4.78 is 3.19. The summed E-state index contributed by atoms with van der Waals surface area (Å²) >= 11 is 8.53. The van der Waals surface area contributed by atoms with Crippen molar-refractivity contribution in [3.8, 4) is 5.69 Å². The Kier molecular flexibility index (Phi) is 3.20. The van der Waals surface area contributed by atoms with Crippen LogP contribution >= 0.6 is 34.2 Å². The number of hydrogen-bond acceptors (Lipinski definition) is 1. The smallest absolute Gasteiger partial charge is 0.164 e. The molecule has 18 heavy (non-hydrogen) atoms. The van der Waals surface area contributed by atoms with Crippen molar-refractivity contribution in [2.45, 2.75) is 19.3 Å². The standard InChI is InChI=1S/C14H11ClINO/c15-11-5-4-9(16)8-13(11)17-7-6-10-12(17)2-1-3-14(10)18/h4-8H,1-3H2. The molecule has 0 saturated heterocycles. The van der Waals surface area contributed by atoms with Crippen LogP contribution in [-0.2, 0) is 6.42 Å². The van der Waals surface area contributed by atoms with E-state index in [1.165, 1.54) is 0 Å². The van der Waals surface area contributed by atoms with E-state index in [0.717, 1.165) is 33.4 Å². The molecule has 4 heteroatoms. The van der Waals surface area contributed by atoms with Gasteiger partial charge < -0.3 is 4.57 Å². The van der Waals surface area contributed by atoms with Crippen molar-refractivity contribution >= 4 is 40.0 Å². The van der Waals surface area contributed by atoms with Crippen molar-refractivity contribution < 1.29 is 4.79 Å². The average molecular weight is 372 g/mol. The molecule has 0 aliphatic heterocycles. The van der Waals surface area contributed by atoms with Crippen LogP contribution in [0.5, 0.6) is 0 Å². The lowest BCUT2D eigenvalue weighted by atomic mass is 9.97. The molecule has 1 heterocycles. The van der Waals surface area contributed by atoms with Crippen LogP contribution in [0.4, 0.5) is 0 Å². The molecule has 0 atom stereocenters. The number of halogens is 2. The highest BCUT2D eigenvalue weighted by Crippen LogP contribution is 2.29. The Bertz CT molecular complexity index is 633. The lowest BCUT2D eigenvalue weighted by Crippen LogP contribution is -2.12. The molecule has 1 aromatic carbocycles. The van der Waals surface area contributed by atoms with Gasteiger partial charge in [-0.05, 0) is 59.7 Å². The number of rotatable bonds is 1. The van der Waals surface area contributed by atoms with Gasteiger partial charge in [-0.3, -0.25) is 4.79 Å². The van der Waals surface area contributed by atoms with Crippen LogP contribution in [0.3, 0.4) is 0 Å². The summed E-state index contributed by atoms with van der Waals surface area (Å²) in [4.78, 5) is 11.8. The Morgan fingerprint density at radius 1 is 1.22 bits per heavy atom. The van der Waals surface area contributed by atoms with Crippen LogP contribution in [0, 0.1) is 3.57 Å². The molecule has 1 aromatic heterocycles. The lowest BCUT2D eigenvalue weighted by Gasteiger charge is -2.16. The van der Waals surface area contributed by atoms with Crippen molar-refractivity contribution in [2.75, 3.05) is 0 Å². The Hall–Kier alpha value is -0.810. The minimum Gasteiger partial charge on any atom is -0.319 e. The van der Waals surface area contributed by atoms with Crippen molar-refractivity contribution in [3.05, 3.63) is 50.3 Å². The second-order valence-corrected chi connectivity index (χ2v) is 6.07. The van der Waals surface area contributed by atoms with Gasteiger partial charge in [-0.15, -0.1) is 0 Å². The van der Waals surface area contributed by atoms with E-state index in [-0.39, 0.29) is 5.78 Å². The number of ketones is 1. The molecule has 0 N–H and O–H groups in total. The first-order chi connectivity index (χ1) is 8.66. The molecule has 1 aliphatic rings. The van der Waals surface area contributed by atoms with E-state index in [4.69, 9.17) is 11.6 Å². The number of hydrogen-bond donors (Lipinski definition) is 0. The van der Waals surface area contributed by atoms with Gasteiger partial charge in [0.05, 0.1) is 10.7 Å². The highest BCUT2D eigenvalue weighted by molar-refractivity contribution is 14.1. The molecular formula is C14H11ClINO. The number of Topliss-reactive ketones (excluding diaryl/α,β-unsaturated/α-hetero) is 1. The number of aromatic nitrogens is 1. The topological polar surface area (TPSA) is 22.0 Å². The van der Waals surface area contributed by atoms with Gasteiger partial charge in [-0.1, -0.05) is 11.6 Å². The predicted octanol–water partition coefficient (Wildman–Crippen LogP) is 4.25. The van der Waals surface area contributed by atoms with Crippen LogP contribution < -0.4 is 0 Å². The van der Waals surface area contributed by atoms with Gasteiger partial charge in [-0.2, -0.15) is 0 Å². The minimum atomic E-state index is 0.247. The van der Waals surface area contributed by atoms with Gasteiger partial charge in [0.15, 0.2) is 5.78 Å². The summed E-state index contributed by atoms with van der Waals surface area (Å²) in [5, 5.41) is 0.715. The number of fused-ring (bicyclic) bond motifs is 1. The highest BCUT2D eigenvalue weighted by atomic mass is 127. The lowest BCUT2D eigenvalue weighted by molar-refractivity contribution is 0.0972. The first-order valence-electron chi connectivity index (χ1n) is 5.85. The minimum absolute atomic E-state index is 0.247. The molecule has 2 aromatic rings. The van der Waals surface area contributed by atoms with E-state index in [0.29, 0.717) is 11.4 Å². The van der Waals surface area contributed by atoms with Crippen LogP contribution in [0.25, 0.3) is 5.69 Å². The zero-order chi connectivity index (χ0) is 12.7. The van der Waals surface area contributed by atoms with Crippen molar-refractivity contribution in [3.63, 3.8) is 0 Å². The monoisotopic (exact) mass is 371 g/mol. The molecule has 0 radical (unpaired) electrons. The molecule has 0 amide bonds. The van der Waals surface area contributed by atoms with Gasteiger partial charge in [0.2, 0.25) is 0 Å². The van der Waals surface area contributed by atoms with Crippen molar-refractivity contribution in [1.82, 2.24) is 4.57 Å². The van der Waals surface area contributed by atoms with E-state index in [2.05, 4.69) is 27.2 Å². The zero-order valence-electron chi connectivity index (χ0n) is 9.62. The first-order valence-corrected chi connectivity index (χ1v) is 7.31. The third kappa shape index (κ3) is 1.99. The quantitative estimate of drug-likeness (QED) is 0.687. The first kappa shape index (κ1) is 12.2. The Morgan fingerprint density at radius 3 is 2.89 bits per heavy atom. The fraction of sp³-hybridized carbons (Fsp3) is 0.214. The summed E-state index contributed by atoms with van der Waals surface area (Å²) in [6.45, 7) is 0. The molecule has 1 aliphatic carbocycles. The summed E-state index contributed by atoms with van der Waals surface area (Å²) in [5.74, 6) is 0.247. The van der Waals surface area contributed by atoms with E-state index in [1.54, 1.807) is 0 Å². The van der Waals surface area contributed by atoms with Crippen molar-refractivity contribution in [2.24, 2.45) is 0 Å². The van der Waals surface area contributed by atoms with Gasteiger partial charge in [0.1, 0.15) is 0 Å². The largest absolute Gasteiger partial charge is 0.319 e. The second kappa shape index (κ2) is 4.70. The third-order valence-corrected chi connectivity index (χ3v) is 4.27. The van der Waals surface area contributed by atoms with E-state index >= 15 is 0 Å². The Labute approximate surface area is 124 Å². The third-order valence-electron chi connectivity index (χ3n) is 3.28. The normalized spacial score (nSPS) is 14.7. The summed E-state index contributed by atoms with van der Waals surface area (Å²) in [7, 11) is 0. The second-order valence-electron chi connectivity index (χ2n) is 4.42. The van der Waals surface area contributed by atoms with Crippen LogP contribution in [0.15, 0.2) is 30.5 Å². The molecule has 3 rings (SSSR count). The number of benzene rings is 1. The number of carbonyl (C=O) groups is 1. The molecule has 0 unspecified atom stereocenters. The van der Waals surface area contributed by atoms with Crippen LogP contribution in [0.1, 0.15) is 28.9 Å². The highest BCUT2D eigenvalue weighted by Gasteiger charge is 2.21. The average Bonchev–Trinajstić information content (AvgIpc) is 2.77. The van der Waals surface area contributed by atoms with Crippen LogP contribution in [-0.4, -0.2) is 10.4 Å². The summed E-state index contributed by atoms with van der Waals surface area (Å²) in [6, 6.07) is 7.83. The summed E-state index contributed by atoms with van der Waals surface area (Å²) in [5.41, 5.74) is 2.91. The molecule has 2 nitrogen and oxygen atoms in total. The molecule has 0 bridgehead atoms. The van der Waals surface area contributed by atoms with Gasteiger partial charge in [-0.25, -0.2) is 0 Å². The van der Waals surface area contributed by atoms with Gasteiger partial charge in [0, 0.05) is 27.4 Å². The maximum atomic E-state index is 11.8. The zero-order valence-corrected chi connectivity index (χ0v) is 12.5. The Balaban J connectivity index is 2.18. The number of carbonyl (C=O) groups excluding carboxylic acids is 1. The van der Waals surface area contributed by atoms with E-state index in [9.17, 15) is 4.79 Å². The SMILES string of the molecule is O=C1CCCc2c1ccn2-c1cc(I)ccc1Cl. The molecular weight excluding hydrogens is 361 g/mol. The Morgan fingerprint density at radius 2 is 2.06 bits per heavy atom. The van der Waals surface area contributed by atoms with E-state index in [1.807, 2.05) is 30.5 Å². The maximum Gasteiger partial charge on any atom is 0.164 e. The summed E-state index contributed by atoms with van der Waals surface area (Å²) in [6.07, 6.45) is 4.48. The molecule has 0 saturated carbocycles. The number of nitrogens with zero attached hydrogens (tertiary/aromatic N) is 1. The maximum absolute atomic E-state index is 11.8. The van der Waals surface area contributed by atoms with Gasteiger partial charge >= 0.3 is 0 Å². The molecule has 0 spiro atoms. The van der Waals surface area contributed by atoms with Crippen LogP contribution in [0.2, 0.25) is 5.02 Å². The fourth-order valence-electron chi connectivity index (χ4n) is 2.42.